The van der Waals surface area contributed by atoms with Crippen LogP contribution < -0.4 is 10.1 Å². The Kier molecular flexibility index (Phi) is 3.97. The lowest BCUT2D eigenvalue weighted by Gasteiger charge is -2.16. The number of benzene rings is 1. The average molecular weight is 239 g/mol. The molecule has 0 saturated heterocycles. The van der Waals surface area contributed by atoms with Crippen molar-refractivity contribution in [3.63, 3.8) is 0 Å². The molecule has 3 nitrogen and oxygen atoms in total. The summed E-state index contributed by atoms with van der Waals surface area (Å²) >= 11 is 0. The minimum atomic E-state index is -0.200. The van der Waals surface area contributed by atoms with Crippen molar-refractivity contribution in [2.45, 2.75) is 25.5 Å². The first-order valence-electron chi connectivity index (χ1n) is 5.86. The molecule has 4 heteroatoms. The van der Waals surface area contributed by atoms with E-state index in [-0.39, 0.29) is 11.9 Å². The number of halogens is 1. The fraction of sp³-hybridized carbons (Fsp3) is 0.538. The summed E-state index contributed by atoms with van der Waals surface area (Å²) < 4.78 is 23.8. The molecule has 2 unspecified atom stereocenters. The molecular weight excluding hydrogens is 221 g/mol. The molecule has 0 fully saturated rings. The monoisotopic (exact) mass is 239 g/mol. The number of nitrogens with one attached hydrogen (secondary N) is 1. The van der Waals surface area contributed by atoms with Crippen LogP contribution in [0.25, 0.3) is 0 Å². The van der Waals surface area contributed by atoms with Gasteiger partial charge in [-0.1, -0.05) is 0 Å². The normalized spacial score (nSPS) is 19.8. The Hall–Kier alpha value is -1.13. The van der Waals surface area contributed by atoms with E-state index >= 15 is 0 Å². The fourth-order valence-corrected chi connectivity index (χ4v) is 2.04. The molecular formula is C13H18FNO2. The first-order chi connectivity index (χ1) is 8.19. The minimum absolute atomic E-state index is 0.0890. The maximum absolute atomic E-state index is 13.0. The molecule has 1 aliphatic rings. The highest BCUT2D eigenvalue weighted by molar-refractivity contribution is 5.37. The van der Waals surface area contributed by atoms with E-state index in [1.807, 2.05) is 0 Å². The Morgan fingerprint density at radius 1 is 1.59 bits per heavy atom. The van der Waals surface area contributed by atoms with Gasteiger partial charge in [0.15, 0.2) is 0 Å². The molecule has 0 aromatic heterocycles. The largest absolute Gasteiger partial charge is 0.488 e. The highest BCUT2D eigenvalue weighted by Crippen LogP contribution is 2.28. The van der Waals surface area contributed by atoms with Crippen LogP contribution in [0, 0.1) is 5.82 Å². The lowest BCUT2D eigenvalue weighted by molar-refractivity contribution is 0.160. The summed E-state index contributed by atoms with van der Waals surface area (Å²) in [5.74, 6) is 0.603. The van der Waals surface area contributed by atoms with E-state index in [1.165, 1.54) is 6.07 Å². The van der Waals surface area contributed by atoms with Crippen molar-refractivity contribution in [1.82, 2.24) is 5.32 Å². The van der Waals surface area contributed by atoms with Gasteiger partial charge in [0.05, 0.1) is 6.61 Å². The predicted molar refractivity (Wildman–Crippen MR) is 63.9 cm³/mol. The molecule has 2 rings (SSSR count). The lowest BCUT2D eigenvalue weighted by Crippen LogP contribution is -2.38. The van der Waals surface area contributed by atoms with Gasteiger partial charge in [-0.05, 0) is 25.1 Å². The lowest BCUT2D eigenvalue weighted by atomic mass is 10.1. The van der Waals surface area contributed by atoms with E-state index in [1.54, 1.807) is 19.2 Å². The summed E-state index contributed by atoms with van der Waals surface area (Å²) in [4.78, 5) is 0. The summed E-state index contributed by atoms with van der Waals surface area (Å²) in [7, 11) is 1.68. The Bertz CT molecular complexity index is 384. The molecule has 0 bridgehead atoms. The zero-order chi connectivity index (χ0) is 12.3. The van der Waals surface area contributed by atoms with Crippen LogP contribution in [-0.2, 0) is 11.2 Å². The Labute approximate surface area is 101 Å². The van der Waals surface area contributed by atoms with E-state index in [0.717, 1.165) is 24.3 Å². The van der Waals surface area contributed by atoms with Crippen LogP contribution in [0.3, 0.4) is 0 Å². The van der Waals surface area contributed by atoms with Crippen LogP contribution >= 0.6 is 0 Å². The molecule has 1 N–H and O–H groups in total. The third-order valence-electron chi connectivity index (χ3n) is 2.87. The van der Waals surface area contributed by atoms with Crippen LogP contribution in [-0.4, -0.2) is 32.4 Å². The van der Waals surface area contributed by atoms with Crippen molar-refractivity contribution in [2.24, 2.45) is 0 Å². The fourth-order valence-electron chi connectivity index (χ4n) is 2.04. The SMILES string of the molecule is COCC(C)NCC1Cc2cc(F)ccc2O1. The van der Waals surface area contributed by atoms with Gasteiger partial charge >= 0.3 is 0 Å². The van der Waals surface area contributed by atoms with E-state index < -0.39 is 0 Å². The quantitative estimate of drug-likeness (QED) is 0.849. The molecule has 0 aliphatic carbocycles. The van der Waals surface area contributed by atoms with Crippen LogP contribution in [0.1, 0.15) is 12.5 Å². The summed E-state index contributed by atoms with van der Waals surface area (Å²) in [5, 5.41) is 3.33. The molecule has 17 heavy (non-hydrogen) atoms. The van der Waals surface area contributed by atoms with E-state index in [4.69, 9.17) is 9.47 Å². The molecule has 0 saturated carbocycles. The second kappa shape index (κ2) is 5.47. The first kappa shape index (κ1) is 12.3. The molecule has 0 spiro atoms. The van der Waals surface area contributed by atoms with E-state index in [2.05, 4.69) is 12.2 Å². The molecule has 2 atom stereocenters. The highest BCUT2D eigenvalue weighted by atomic mass is 19.1. The van der Waals surface area contributed by atoms with Crippen LogP contribution in [0.5, 0.6) is 5.75 Å². The van der Waals surface area contributed by atoms with Crippen molar-refractivity contribution in [3.05, 3.63) is 29.6 Å². The Morgan fingerprint density at radius 2 is 2.41 bits per heavy atom. The molecule has 0 amide bonds. The predicted octanol–water partition coefficient (Wildman–Crippen LogP) is 1.75. The van der Waals surface area contributed by atoms with E-state index in [9.17, 15) is 4.39 Å². The minimum Gasteiger partial charge on any atom is -0.488 e. The van der Waals surface area contributed by atoms with Crippen LogP contribution in [0.15, 0.2) is 18.2 Å². The molecule has 1 aromatic carbocycles. The van der Waals surface area contributed by atoms with Crippen molar-refractivity contribution >= 4 is 0 Å². The number of rotatable bonds is 5. The Morgan fingerprint density at radius 3 is 3.18 bits per heavy atom. The van der Waals surface area contributed by atoms with Crippen molar-refractivity contribution in [1.29, 1.82) is 0 Å². The van der Waals surface area contributed by atoms with Crippen molar-refractivity contribution in [3.8, 4) is 5.75 Å². The molecule has 1 heterocycles. The molecule has 1 aromatic rings. The topological polar surface area (TPSA) is 30.5 Å². The third kappa shape index (κ3) is 3.17. The maximum Gasteiger partial charge on any atom is 0.123 e. The van der Waals surface area contributed by atoms with Gasteiger partial charge in [0.2, 0.25) is 0 Å². The van der Waals surface area contributed by atoms with Gasteiger partial charge in [0, 0.05) is 31.7 Å². The molecule has 0 radical (unpaired) electrons. The summed E-state index contributed by atoms with van der Waals surface area (Å²) in [6, 6.07) is 4.98. The van der Waals surface area contributed by atoms with E-state index in [0.29, 0.717) is 12.6 Å². The third-order valence-corrected chi connectivity index (χ3v) is 2.87. The number of ether oxygens (including phenoxy) is 2. The number of hydrogen-bond donors (Lipinski definition) is 1. The zero-order valence-electron chi connectivity index (χ0n) is 10.2. The molecule has 94 valence electrons. The standard InChI is InChI=1S/C13H18FNO2/c1-9(8-16-2)15-7-12-6-10-5-11(14)3-4-13(10)17-12/h3-5,9,12,15H,6-8H2,1-2H3. The first-order valence-corrected chi connectivity index (χ1v) is 5.86. The zero-order valence-corrected chi connectivity index (χ0v) is 10.2. The van der Waals surface area contributed by atoms with Gasteiger partial charge in [0.1, 0.15) is 17.7 Å². The van der Waals surface area contributed by atoms with Gasteiger partial charge < -0.3 is 14.8 Å². The summed E-state index contributed by atoms with van der Waals surface area (Å²) in [6.07, 6.45) is 0.853. The van der Waals surface area contributed by atoms with Gasteiger partial charge in [-0.25, -0.2) is 4.39 Å². The van der Waals surface area contributed by atoms with Crippen molar-refractivity contribution < 1.29 is 13.9 Å². The van der Waals surface area contributed by atoms with Gasteiger partial charge in [-0.15, -0.1) is 0 Å². The summed E-state index contributed by atoms with van der Waals surface area (Å²) in [5.41, 5.74) is 0.955. The average Bonchev–Trinajstić information content (AvgIpc) is 2.68. The number of fused-ring (bicyclic) bond motifs is 1. The van der Waals surface area contributed by atoms with Crippen molar-refractivity contribution in [2.75, 3.05) is 20.3 Å². The summed E-state index contributed by atoms with van der Waals surface area (Å²) in [6.45, 7) is 3.49. The second-order valence-corrected chi connectivity index (χ2v) is 4.46. The maximum atomic E-state index is 13.0. The van der Waals surface area contributed by atoms with Crippen LogP contribution in [0.2, 0.25) is 0 Å². The van der Waals surface area contributed by atoms with Crippen LogP contribution in [0.4, 0.5) is 4.39 Å². The molecule has 1 aliphatic heterocycles. The van der Waals surface area contributed by atoms with Gasteiger partial charge in [0.25, 0.3) is 0 Å². The Balaban J connectivity index is 1.84. The second-order valence-electron chi connectivity index (χ2n) is 4.46. The van der Waals surface area contributed by atoms with Gasteiger partial charge in [-0.2, -0.15) is 0 Å². The number of methoxy groups -OCH3 is 1. The van der Waals surface area contributed by atoms with Gasteiger partial charge in [-0.3, -0.25) is 0 Å². The smallest absolute Gasteiger partial charge is 0.123 e. The number of hydrogen-bond acceptors (Lipinski definition) is 3. The highest BCUT2D eigenvalue weighted by Gasteiger charge is 2.23.